The van der Waals surface area contributed by atoms with Crippen LogP contribution in [0.25, 0.3) is 73.7 Å². The Kier molecular flexibility index (Phi) is 8.55. The van der Waals surface area contributed by atoms with E-state index in [-0.39, 0.29) is 0 Å². The van der Waals surface area contributed by atoms with E-state index in [1.165, 1.54) is 96.0 Å². The summed E-state index contributed by atoms with van der Waals surface area (Å²) in [5.74, 6) is 0. The molecular formula is C61H39NS2. The molecule has 0 saturated heterocycles. The summed E-state index contributed by atoms with van der Waals surface area (Å²) in [6, 6.07) is 87.8. The van der Waals surface area contributed by atoms with Crippen LogP contribution in [0.3, 0.4) is 0 Å². The van der Waals surface area contributed by atoms with Gasteiger partial charge < -0.3 is 4.90 Å². The van der Waals surface area contributed by atoms with Gasteiger partial charge >= 0.3 is 0 Å². The third-order valence-electron chi connectivity index (χ3n) is 13.4. The zero-order valence-electron chi connectivity index (χ0n) is 34.8. The Morgan fingerprint density at radius 2 is 0.812 bits per heavy atom. The van der Waals surface area contributed by atoms with E-state index < -0.39 is 5.41 Å². The van der Waals surface area contributed by atoms with Gasteiger partial charge in [-0.2, -0.15) is 0 Å². The molecule has 0 unspecified atom stereocenters. The second-order valence-corrected chi connectivity index (χ2v) is 19.0. The summed E-state index contributed by atoms with van der Waals surface area (Å²) < 4.78 is 5.28. The van der Waals surface area contributed by atoms with Gasteiger partial charge in [-0.1, -0.05) is 170 Å². The van der Waals surface area contributed by atoms with Crippen LogP contribution in [0.1, 0.15) is 22.3 Å². The van der Waals surface area contributed by atoms with E-state index in [1.54, 1.807) is 0 Å². The maximum Gasteiger partial charge on any atom is 0.0713 e. The third-order valence-corrected chi connectivity index (χ3v) is 15.6. The van der Waals surface area contributed by atoms with Gasteiger partial charge in [-0.25, -0.2) is 0 Å². The van der Waals surface area contributed by atoms with E-state index in [1.807, 2.05) is 22.7 Å². The van der Waals surface area contributed by atoms with Crippen LogP contribution in [0.4, 0.5) is 17.1 Å². The van der Waals surface area contributed by atoms with E-state index in [4.69, 9.17) is 0 Å². The van der Waals surface area contributed by atoms with Crippen molar-refractivity contribution in [2.75, 3.05) is 4.90 Å². The third kappa shape index (κ3) is 5.75. The fraction of sp³-hybridized carbons (Fsp3) is 0.0164. The largest absolute Gasteiger partial charge is 0.310 e. The van der Waals surface area contributed by atoms with Gasteiger partial charge in [-0.3, -0.25) is 0 Å². The molecule has 0 radical (unpaired) electrons. The molecule has 64 heavy (non-hydrogen) atoms. The number of nitrogens with zero attached hydrogens (tertiary/aromatic N) is 1. The molecule has 0 amide bonds. The molecule has 2 heterocycles. The lowest BCUT2D eigenvalue weighted by molar-refractivity contribution is 0.768. The van der Waals surface area contributed by atoms with Crippen molar-refractivity contribution in [2.24, 2.45) is 0 Å². The Morgan fingerprint density at radius 3 is 1.58 bits per heavy atom. The van der Waals surface area contributed by atoms with Crippen molar-refractivity contribution in [3.8, 4) is 33.4 Å². The summed E-state index contributed by atoms with van der Waals surface area (Å²) >= 11 is 3.73. The first-order valence-electron chi connectivity index (χ1n) is 21.9. The Bertz CT molecular complexity index is 3690. The van der Waals surface area contributed by atoms with Gasteiger partial charge in [-0.15, -0.1) is 22.7 Å². The van der Waals surface area contributed by atoms with Gasteiger partial charge in [0.05, 0.1) is 5.41 Å². The van der Waals surface area contributed by atoms with Gasteiger partial charge in [0.1, 0.15) is 0 Å². The average molecular weight is 850 g/mol. The van der Waals surface area contributed by atoms with Crippen molar-refractivity contribution >= 4 is 80.1 Å². The fourth-order valence-corrected chi connectivity index (χ4v) is 12.7. The Morgan fingerprint density at radius 1 is 0.281 bits per heavy atom. The summed E-state index contributed by atoms with van der Waals surface area (Å²) in [6.07, 6.45) is 0. The minimum absolute atomic E-state index is 0.459. The molecule has 0 aliphatic heterocycles. The topological polar surface area (TPSA) is 3.24 Å². The summed E-state index contributed by atoms with van der Waals surface area (Å²) in [4.78, 5) is 2.44. The molecule has 3 heteroatoms. The highest BCUT2D eigenvalue weighted by atomic mass is 32.1. The maximum atomic E-state index is 2.44. The zero-order valence-corrected chi connectivity index (χ0v) is 36.4. The zero-order chi connectivity index (χ0) is 42.2. The lowest BCUT2D eigenvalue weighted by Gasteiger charge is -2.34. The number of anilines is 3. The number of hydrogen-bond acceptors (Lipinski definition) is 3. The molecule has 1 aliphatic carbocycles. The van der Waals surface area contributed by atoms with E-state index in [9.17, 15) is 0 Å². The molecule has 2 aromatic heterocycles. The van der Waals surface area contributed by atoms with Gasteiger partial charge in [0.15, 0.2) is 0 Å². The summed E-state index contributed by atoms with van der Waals surface area (Å²) in [5, 5.41) is 5.27. The lowest BCUT2D eigenvalue weighted by atomic mass is 9.68. The molecule has 0 atom stereocenters. The number of hydrogen-bond donors (Lipinski definition) is 0. The molecule has 1 nitrogen and oxygen atoms in total. The molecule has 13 rings (SSSR count). The molecule has 10 aromatic carbocycles. The first kappa shape index (κ1) is 37.0. The number of fused-ring (bicyclic) bond motifs is 9. The van der Waals surface area contributed by atoms with Gasteiger partial charge in [0.2, 0.25) is 0 Å². The number of thiophene rings is 2. The predicted octanol–water partition coefficient (Wildman–Crippen LogP) is 17.6. The SMILES string of the molecule is c1ccc(C2(c3ccccc3)c3ccccc3-c3cc(N(c4ccc(-c5ccc6c(c5)sc5ccccc56)cc4)c4cccc(-c5ccc6sc7ccccc7c6c5)c4)ccc32)cc1. The van der Waals surface area contributed by atoms with Gasteiger partial charge in [-0.05, 0) is 122 Å². The maximum absolute atomic E-state index is 2.44. The Balaban J connectivity index is 0.980. The second kappa shape index (κ2) is 14.8. The average Bonchev–Trinajstić information content (AvgIpc) is 4.03. The summed E-state index contributed by atoms with van der Waals surface area (Å²) in [7, 11) is 0. The standard InChI is InChI=1S/C61H39NS2/c1-3-15-44(16-4-1)61(45-17-5-2-6-18-45)55-23-10-7-20-49(55)53-39-48(32-34-56(53)61)62(46-30-26-40(27-31-46)43-28-33-52-50-21-8-11-24-57(50)64-60(52)38-43)47-19-13-14-41(36-47)42-29-35-59-54(37-42)51-22-9-12-25-58(51)63-59/h1-39H. The van der Waals surface area contributed by atoms with Crippen molar-refractivity contribution in [3.05, 3.63) is 259 Å². The van der Waals surface area contributed by atoms with E-state index in [2.05, 4.69) is 241 Å². The fourth-order valence-electron chi connectivity index (χ4n) is 10.5. The summed E-state index contributed by atoms with van der Waals surface area (Å²) in [5.41, 5.74) is 15.4. The first-order valence-corrected chi connectivity index (χ1v) is 23.5. The normalized spacial score (nSPS) is 12.8. The number of benzene rings is 10. The second-order valence-electron chi connectivity index (χ2n) is 16.8. The molecule has 0 fully saturated rings. The highest BCUT2D eigenvalue weighted by Crippen LogP contribution is 2.57. The highest BCUT2D eigenvalue weighted by Gasteiger charge is 2.46. The quantitative estimate of drug-likeness (QED) is 0.154. The van der Waals surface area contributed by atoms with Crippen molar-refractivity contribution in [1.29, 1.82) is 0 Å². The van der Waals surface area contributed by atoms with Crippen molar-refractivity contribution in [1.82, 2.24) is 0 Å². The minimum Gasteiger partial charge on any atom is -0.310 e. The molecule has 12 aromatic rings. The number of rotatable bonds is 7. The van der Waals surface area contributed by atoms with E-state index in [0.717, 1.165) is 17.1 Å². The highest BCUT2D eigenvalue weighted by molar-refractivity contribution is 7.26. The monoisotopic (exact) mass is 849 g/mol. The Hall–Kier alpha value is -7.56. The molecule has 0 bridgehead atoms. The Labute approximate surface area is 380 Å². The van der Waals surface area contributed by atoms with Crippen LogP contribution in [0.5, 0.6) is 0 Å². The molecule has 0 N–H and O–H groups in total. The van der Waals surface area contributed by atoms with Crippen LogP contribution in [0, 0.1) is 0 Å². The van der Waals surface area contributed by atoms with Crippen molar-refractivity contribution in [3.63, 3.8) is 0 Å². The van der Waals surface area contributed by atoms with Crippen LogP contribution in [0.15, 0.2) is 237 Å². The van der Waals surface area contributed by atoms with Gasteiger partial charge in [0, 0.05) is 57.4 Å². The van der Waals surface area contributed by atoms with E-state index >= 15 is 0 Å². The molecular weight excluding hydrogens is 811 g/mol. The van der Waals surface area contributed by atoms with Crippen LogP contribution in [-0.2, 0) is 5.41 Å². The van der Waals surface area contributed by atoms with E-state index in [0.29, 0.717) is 0 Å². The molecule has 300 valence electrons. The van der Waals surface area contributed by atoms with Crippen molar-refractivity contribution in [2.45, 2.75) is 5.41 Å². The van der Waals surface area contributed by atoms with Crippen LogP contribution < -0.4 is 4.90 Å². The lowest BCUT2D eigenvalue weighted by Crippen LogP contribution is -2.28. The minimum atomic E-state index is -0.459. The van der Waals surface area contributed by atoms with Crippen LogP contribution in [0.2, 0.25) is 0 Å². The molecule has 0 spiro atoms. The molecule has 1 aliphatic rings. The van der Waals surface area contributed by atoms with Crippen LogP contribution in [-0.4, -0.2) is 0 Å². The van der Waals surface area contributed by atoms with Gasteiger partial charge in [0.25, 0.3) is 0 Å². The van der Waals surface area contributed by atoms with Crippen LogP contribution >= 0.6 is 22.7 Å². The molecule has 0 saturated carbocycles. The predicted molar refractivity (Wildman–Crippen MR) is 275 cm³/mol. The van der Waals surface area contributed by atoms with Crippen molar-refractivity contribution < 1.29 is 0 Å². The first-order chi connectivity index (χ1) is 31.7. The summed E-state index contributed by atoms with van der Waals surface area (Å²) in [6.45, 7) is 0. The smallest absolute Gasteiger partial charge is 0.0713 e.